The molecular weight excluding hydrogens is 356 g/mol. The highest BCUT2D eigenvalue weighted by Crippen LogP contribution is 2.24. The number of alkyl halides is 4. The normalized spacial score (nSPS) is 12.7. The van der Waals surface area contributed by atoms with E-state index in [0.717, 1.165) is 12.1 Å². The van der Waals surface area contributed by atoms with Crippen LogP contribution >= 0.6 is 23.8 Å². The molecule has 0 heterocycles. The summed E-state index contributed by atoms with van der Waals surface area (Å²) < 4.78 is 74.2. The Bertz CT molecular complexity index is 652. The number of thiocarbonyl (C=S) groups is 1. The zero-order valence-corrected chi connectivity index (χ0v) is 12.5. The second-order valence-corrected chi connectivity index (χ2v) is 6.51. The third kappa shape index (κ3) is 4.50. The summed E-state index contributed by atoms with van der Waals surface area (Å²) in [5.41, 5.74) is 5.52. The van der Waals surface area contributed by atoms with Crippen molar-refractivity contribution in [3.05, 3.63) is 28.8 Å². The van der Waals surface area contributed by atoms with Gasteiger partial charge in [0.2, 0.25) is 10.0 Å². The first-order valence-electron chi connectivity index (χ1n) is 5.22. The van der Waals surface area contributed by atoms with E-state index < -0.39 is 33.8 Å². The summed E-state index contributed by atoms with van der Waals surface area (Å²) in [6.07, 6.45) is -3.99. The van der Waals surface area contributed by atoms with Crippen LogP contribution in [-0.2, 0) is 10.0 Å². The van der Waals surface area contributed by atoms with E-state index in [4.69, 9.17) is 17.3 Å². The van der Waals surface area contributed by atoms with E-state index in [0.29, 0.717) is 0 Å². The van der Waals surface area contributed by atoms with Crippen molar-refractivity contribution in [3.8, 4) is 0 Å². The average molecular weight is 365 g/mol. The van der Waals surface area contributed by atoms with Crippen LogP contribution in [0.2, 0.25) is 5.02 Å². The Morgan fingerprint density at radius 2 is 2.00 bits per heavy atom. The lowest BCUT2D eigenvalue weighted by molar-refractivity contribution is -0.122. The quantitative estimate of drug-likeness (QED) is 0.599. The van der Waals surface area contributed by atoms with Crippen LogP contribution in [0.15, 0.2) is 23.1 Å². The van der Waals surface area contributed by atoms with Gasteiger partial charge < -0.3 is 5.73 Å². The second kappa shape index (κ2) is 6.42. The lowest BCUT2D eigenvalue weighted by atomic mass is 10.2. The molecule has 0 aliphatic rings. The Morgan fingerprint density at radius 3 is 2.43 bits per heavy atom. The molecular formula is C10H9ClF4N2O2S2. The topological polar surface area (TPSA) is 72.2 Å². The summed E-state index contributed by atoms with van der Waals surface area (Å²) in [7, 11) is -4.42. The first-order chi connectivity index (χ1) is 9.47. The monoisotopic (exact) mass is 364 g/mol. The van der Waals surface area contributed by atoms with Gasteiger partial charge in [-0.05, 0) is 18.2 Å². The predicted molar refractivity (Wildman–Crippen MR) is 73.5 cm³/mol. The molecule has 1 aromatic rings. The zero-order chi connectivity index (χ0) is 16.4. The van der Waals surface area contributed by atoms with Crippen LogP contribution in [0.25, 0.3) is 0 Å². The molecule has 3 N–H and O–H groups in total. The average Bonchev–Trinajstić information content (AvgIpc) is 2.36. The van der Waals surface area contributed by atoms with Crippen LogP contribution in [0.4, 0.5) is 17.6 Å². The Balaban J connectivity index is 2.99. The van der Waals surface area contributed by atoms with Crippen molar-refractivity contribution in [1.82, 2.24) is 4.72 Å². The smallest absolute Gasteiger partial charge is 0.320 e. The number of hydrogen-bond acceptors (Lipinski definition) is 3. The summed E-state index contributed by atoms with van der Waals surface area (Å²) in [4.78, 5) is -0.557. The molecule has 0 atom stereocenters. The van der Waals surface area contributed by atoms with Crippen LogP contribution in [0.5, 0.6) is 0 Å². The van der Waals surface area contributed by atoms with Crippen molar-refractivity contribution in [2.45, 2.75) is 17.2 Å². The lowest BCUT2D eigenvalue weighted by Gasteiger charge is -2.16. The third-order valence-electron chi connectivity index (χ3n) is 2.33. The second-order valence-electron chi connectivity index (χ2n) is 3.89. The van der Waals surface area contributed by atoms with E-state index >= 15 is 0 Å². The molecule has 1 aromatic carbocycles. The van der Waals surface area contributed by atoms with E-state index in [-0.39, 0.29) is 15.6 Å². The highest BCUT2D eigenvalue weighted by atomic mass is 35.5. The van der Waals surface area contributed by atoms with Gasteiger partial charge in [0.15, 0.2) is 0 Å². The fraction of sp³-hybridized carbons (Fsp3) is 0.300. The van der Waals surface area contributed by atoms with Crippen LogP contribution in [0.1, 0.15) is 5.56 Å². The largest absolute Gasteiger partial charge is 0.389 e. The van der Waals surface area contributed by atoms with E-state index in [1.165, 1.54) is 10.8 Å². The summed E-state index contributed by atoms with van der Waals surface area (Å²) in [6.45, 7) is -1.73. The van der Waals surface area contributed by atoms with Gasteiger partial charge >= 0.3 is 12.3 Å². The Kier molecular flexibility index (Phi) is 5.53. The predicted octanol–water partition coefficient (Wildman–Crippen LogP) is 2.15. The van der Waals surface area contributed by atoms with Crippen LogP contribution in [0.3, 0.4) is 0 Å². The van der Waals surface area contributed by atoms with Gasteiger partial charge in [0.25, 0.3) is 0 Å². The molecule has 118 valence electrons. The number of rotatable bonds is 6. The van der Waals surface area contributed by atoms with Crippen molar-refractivity contribution in [3.63, 3.8) is 0 Å². The minimum Gasteiger partial charge on any atom is -0.389 e. The minimum absolute atomic E-state index is 0.0823. The molecule has 0 aromatic heterocycles. The summed E-state index contributed by atoms with van der Waals surface area (Å²) in [5.74, 6) is -4.48. The molecule has 0 aliphatic carbocycles. The van der Waals surface area contributed by atoms with Crippen molar-refractivity contribution in [2.24, 2.45) is 5.73 Å². The van der Waals surface area contributed by atoms with E-state index in [1.807, 2.05) is 0 Å². The Morgan fingerprint density at radius 1 is 1.43 bits per heavy atom. The van der Waals surface area contributed by atoms with Crippen molar-refractivity contribution < 1.29 is 26.0 Å². The molecule has 0 radical (unpaired) electrons. The Labute approximate surface area is 128 Å². The fourth-order valence-electron chi connectivity index (χ4n) is 1.21. The molecule has 21 heavy (non-hydrogen) atoms. The molecule has 0 saturated heterocycles. The minimum atomic E-state index is -4.48. The molecule has 0 saturated carbocycles. The standard InChI is InChI=1S/C10H9ClF4N2O2S2/c11-7-3-5(1-2-6(7)8(16)20)21(18,19)17-4-10(14,15)9(12)13/h1-3,9,17H,4H2,(H2,16,20). The molecule has 4 nitrogen and oxygen atoms in total. The van der Waals surface area contributed by atoms with Gasteiger partial charge in [-0.1, -0.05) is 23.8 Å². The van der Waals surface area contributed by atoms with Gasteiger partial charge in [-0.15, -0.1) is 0 Å². The summed E-state index contributed by atoms with van der Waals surface area (Å²) >= 11 is 10.4. The van der Waals surface area contributed by atoms with Crippen molar-refractivity contribution >= 4 is 38.8 Å². The number of nitrogens with one attached hydrogen (secondary N) is 1. The number of halogens is 5. The maximum Gasteiger partial charge on any atom is 0.320 e. The van der Waals surface area contributed by atoms with Gasteiger partial charge in [0.1, 0.15) is 4.99 Å². The molecule has 0 fully saturated rings. The first-order valence-corrected chi connectivity index (χ1v) is 7.49. The maximum absolute atomic E-state index is 12.7. The number of hydrogen-bond donors (Lipinski definition) is 2. The number of sulfonamides is 1. The molecule has 0 bridgehead atoms. The molecule has 1 rings (SSSR count). The van der Waals surface area contributed by atoms with E-state index in [9.17, 15) is 26.0 Å². The third-order valence-corrected chi connectivity index (χ3v) is 4.26. The number of nitrogens with two attached hydrogens (primary N) is 1. The SMILES string of the molecule is NC(=S)c1ccc(S(=O)(=O)NCC(F)(F)C(F)F)cc1Cl. The molecule has 11 heteroatoms. The van der Waals surface area contributed by atoms with Crippen molar-refractivity contribution in [1.29, 1.82) is 0 Å². The fourth-order valence-corrected chi connectivity index (χ4v) is 2.86. The van der Waals surface area contributed by atoms with Gasteiger partial charge in [-0.3, -0.25) is 0 Å². The van der Waals surface area contributed by atoms with Crippen LogP contribution < -0.4 is 10.5 Å². The van der Waals surface area contributed by atoms with E-state index in [1.54, 1.807) is 0 Å². The number of benzene rings is 1. The summed E-state index contributed by atoms with van der Waals surface area (Å²) in [6, 6.07) is 3.13. The molecule has 0 aliphatic heterocycles. The van der Waals surface area contributed by atoms with E-state index in [2.05, 4.69) is 12.2 Å². The van der Waals surface area contributed by atoms with Gasteiger partial charge in [-0.25, -0.2) is 21.9 Å². The highest BCUT2D eigenvalue weighted by molar-refractivity contribution is 7.89. The lowest BCUT2D eigenvalue weighted by Crippen LogP contribution is -2.41. The molecule has 0 amide bonds. The first kappa shape index (κ1) is 18.1. The van der Waals surface area contributed by atoms with Gasteiger partial charge in [0.05, 0.1) is 16.5 Å². The summed E-state index contributed by atoms with van der Waals surface area (Å²) in [5, 5.41) is -0.106. The Hall–Kier alpha value is -0.970. The highest BCUT2D eigenvalue weighted by Gasteiger charge is 2.41. The van der Waals surface area contributed by atoms with Crippen LogP contribution in [-0.4, -0.2) is 32.3 Å². The van der Waals surface area contributed by atoms with Gasteiger partial charge in [0, 0.05) is 5.56 Å². The molecule has 0 spiro atoms. The van der Waals surface area contributed by atoms with Gasteiger partial charge in [-0.2, -0.15) is 8.78 Å². The maximum atomic E-state index is 12.7. The molecule has 0 unspecified atom stereocenters. The van der Waals surface area contributed by atoms with Crippen LogP contribution in [0, 0.1) is 0 Å². The zero-order valence-electron chi connectivity index (χ0n) is 10.1. The van der Waals surface area contributed by atoms with Crippen molar-refractivity contribution in [2.75, 3.05) is 6.54 Å².